The average molecular weight is 670 g/mol. The first kappa shape index (κ1) is 29.1. The molecule has 11 rings (SSSR count). The van der Waals surface area contributed by atoms with Crippen LogP contribution < -0.4 is 5.56 Å². The molecule has 0 saturated carbocycles. The molecule has 2 aliphatic rings. The van der Waals surface area contributed by atoms with Gasteiger partial charge in [-0.25, -0.2) is 15.0 Å². The van der Waals surface area contributed by atoms with Gasteiger partial charge < -0.3 is 0 Å². The van der Waals surface area contributed by atoms with Crippen molar-refractivity contribution in [3.63, 3.8) is 0 Å². The summed E-state index contributed by atoms with van der Waals surface area (Å²) >= 11 is 0. The van der Waals surface area contributed by atoms with Gasteiger partial charge in [-0.1, -0.05) is 97.1 Å². The molecule has 0 amide bonds. The Morgan fingerprint density at radius 1 is 0.538 bits per heavy atom. The van der Waals surface area contributed by atoms with Crippen LogP contribution in [0, 0.1) is 0 Å². The molecule has 0 fully saturated rings. The van der Waals surface area contributed by atoms with E-state index in [1.807, 2.05) is 46.9 Å². The van der Waals surface area contributed by atoms with E-state index in [0.717, 1.165) is 103 Å². The number of rotatable bonds is 3. The van der Waals surface area contributed by atoms with Crippen LogP contribution in [0.2, 0.25) is 0 Å². The van der Waals surface area contributed by atoms with Gasteiger partial charge in [0.05, 0.1) is 38.8 Å². The summed E-state index contributed by atoms with van der Waals surface area (Å²) in [5.74, 6) is 0.627. The van der Waals surface area contributed by atoms with E-state index in [9.17, 15) is 4.79 Å². The zero-order valence-corrected chi connectivity index (χ0v) is 28.3. The van der Waals surface area contributed by atoms with Crippen LogP contribution in [0.25, 0.3) is 89.7 Å². The van der Waals surface area contributed by atoms with Crippen molar-refractivity contribution in [3.8, 4) is 28.3 Å². The molecule has 5 aromatic carbocycles. The third kappa shape index (κ3) is 4.24. The number of allylic oxidation sites excluding steroid dienone is 2. The van der Waals surface area contributed by atoms with Crippen LogP contribution in [0.15, 0.2) is 132 Å². The Balaban J connectivity index is 1.11. The fraction of sp³-hybridized carbons (Fsp3) is 0.0870. The number of benzene rings is 5. The molecule has 0 aliphatic heterocycles. The van der Waals surface area contributed by atoms with Crippen molar-refractivity contribution in [2.24, 2.45) is 0 Å². The van der Waals surface area contributed by atoms with Crippen molar-refractivity contribution in [2.45, 2.75) is 25.7 Å². The Kier molecular flexibility index (Phi) is 6.25. The van der Waals surface area contributed by atoms with Crippen molar-refractivity contribution in [1.82, 2.24) is 23.9 Å². The van der Waals surface area contributed by atoms with Gasteiger partial charge in [-0.2, -0.15) is 0 Å². The Bertz CT molecular complexity index is 3090. The van der Waals surface area contributed by atoms with Crippen LogP contribution in [-0.4, -0.2) is 23.9 Å². The molecular formula is C46H31N5O. The largest absolute Gasteiger partial charge is 0.278 e. The van der Waals surface area contributed by atoms with Gasteiger partial charge in [-0.15, -0.1) is 0 Å². The minimum atomic E-state index is -0.0215. The fourth-order valence-electron chi connectivity index (χ4n) is 8.47. The van der Waals surface area contributed by atoms with Gasteiger partial charge >= 0.3 is 0 Å². The number of para-hydroxylation sites is 2. The van der Waals surface area contributed by atoms with E-state index in [-0.39, 0.29) is 5.56 Å². The van der Waals surface area contributed by atoms with E-state index in [2.05, 4.69) is 102 Å². The Hall–Kier alpha value is -6.66. The van der Waals surface area contributed by atoms with Gasteiger partial charge in [0, 0.05) is 27.3 Å². The van der Waals surface area contributed by atoms with E-state index >= 15 is 0 Å². The highest BCUT2D eigenvalue weighted by atomic mass is 16.1. The second kappa shape index (κ2) is 11.2. The van der Waals surface area contributed by atoms with Crippen LogP contribution in [-0.2, 0) is 12.8 Å². The highest BCUT2D eigenvalue weighted by Gasteiger charge is 2.23. The second-order valence-corrected chi connectivity index (χ2v) is 13.8. The fourth-order valence-corrected chi connectivity index (χ4v) is 8.47. The van der Waals surface area contributed by atoms with E-state index in [1.54, 1.807) is 0 Å². The van der Waals surface area contributed by atoms with Gasteiger partial charge in [0.2, 0.25) is 5.95 Å². The normalized spacial score (nSPS) is 13.8. The molecule has 4 heterocycles. The maximum Gasteiger partial charge on any atom is 0.266 e. The maximum atomic E-state index is 14.4. The smallest absolute Gasteiger partial charge is 0.266 e. The molecule has 0 spiro atoms. The summed E-state index contributed by atoms with van der Waals surface area (Å²) in [6, 6.07) is 39.6. The Morgan fingerprint density at radius 3 is 2.12 bits per heavy atom. The van der Waals surface area contributed by atoms with Crippen LogP contribution in [0.5, 0.6) is 0 Å². The first-order chi connectivity index (χ1) is 25.7. The summed E-state index contributed by atoms with van der Waals surface area (Å²) in [6.45, 7) is 0. The minimum absolute atomic E-state index is 0.0215. The summed E-state index contributed by atoms with van der Waals surface area (Å²) in [5.41, 5.74) is 13.1. The van der Waals surface area contributed by atoms with E-state index < -0.39 is 0 Å². The first-order valence-corrected chi connectivity index (χ1v) is 17.9. The summed E-state index contributed by atoms with van der Waals surface area (Å²) < 4.78 is 4.03. The summed E-state index contributed by atoms with van der Waals surface area (Å²) in [6.07, 6.45) is 12.6. The van der Waals surface area contributed by atoms with Crippen molar-refractivity contribution >= 4 is 61.4 Å². The molecule has 0 N–H and O–H groups in total. The number of fused-ring (bicyclic) bond motifs is 11. The van der Waals surface area contributed by atoms with Crippen molar-refractivity contribution in [1.29, 1.82) is 0 Å². The van der Waals surface area contributed by atoms with E-state index in [1.165, 1.54) is 11.1 Å². The molecule has 52 heavy (non-hydrogen) atoms. The third-order valence-electron chi connectivity index (χ3n) is 10.9. The lowest BCUT2D eigenvalue weighted by Crippen LogP contribution is -2.23. The number of nitrogens with zero attached hydrogens (tertiary/aromatic N) is 5. The molecule has 0 radical (unpaired) electrons. The van der Waals surface area contributed by atoms with Gasteiger partial charge in [0.25, 0.3) is 5.56 Å². The Morgan fingerprint density at radius 2 is 1.23 bits per heavy atom. The Labute approximate surface area is 298 Å². The van der Waals surface area contributed by atoms with Gasteiger partial charge in [0.1, 0.15) is 5.65 Å². The van der Waals surface area contributed by atoms with E-state index in [4.69, 9.17) is 15.0 Å². The SMILES string of the molecule is O=c1c2cc(-c3ccc4c(c3)c3ccccc3n4-c3nc(-c4ccccc4)c4ccccc4n3)ccc2nc2c3c(c4c(n12)C=CCC4)CCC=C3. The zero-order chi connectivity index (χ0) is 34.3. The van der Waals surface area contributed by atoms with Crippen LogP contribution in [0.1, 0.15) is 35.2 Å². The molecule has 9 aromatic rings. The van der Waals surface area contributed by atoms with Gasteiger partial charge in [0.15, 0.2) is 0 Å². The van der Waals surface area contributed by atoms with Crippen molar-refractivity contribution in [2.75, 3.05) is 0 Å². The quantitative estimate of drug-likeness (QED) is 0.176. The first-order valence-electron chi connectivity index (χ1n) is 17.9. The molecule has 4 aromatic heterocycles. The number of pyridine rings is 1. The highest BCUT2D eigenvalue weighted by Crippen LogP contribution is 2.37. The van der Waals surface area contributed by atoms with Crippen molar-refractivity contribution in [3.05, 3.63) is 160 Å². The topological polar surface area (TPSA) is 65.1 Å². The number of aromatic nitrogens is 5. The van der Waals surface area contributed by atoms with E-state index in [0.29, 0.717) is 11.3 Å². The second-order valence-electron chi connectivity index (χ2n) is 13.8. The molecule has 246 valence electrons. The number of hydrogen-bond acceptors (Lipinski definition) is 4. The highest BCUT2D eigenvalue weighted by molar-refractivity contribution is 6.10. The molecule has 0 unspecified atom stereocenters. The lowest BCUT2D eigenvalue weighted by atomic mass is 9.88. The van der Waals surface area contributed by atoms with Gasteiger partial charge in [-0.3, -0.25) is 13.8 Å². The number of hydrogen-bond donors (Lipinski definition) is 0. The molecule has 0 bridgehead atoms. The van der Waals surface area contributed by atoms with Crippen LogP contribution in [0.3, 0.4) is 0 Å². The summed E-state index contributed by atoms with van der Waals surface area (Å²) in [7, 11) is 0. The van der Waals surface area contributed by atoms with Gasteiger partial charge in [-0.05, 0) is 90.4 Å². The lowest BCUT2D eigenvalue weighted by molar-refractivity contribution is 0.870. The third-order valence-corrected chi connectivity index (χ3v) is 10.9. The lowest BCUT2D eigenvalue weighted by Gasteiger charge is -2.23. The minimum Gasteiger partial charge on any atom is -0.278 e. The predicted molar refractivity (Wildman–Crippen MR) is 212 cm³/mol. The summed E-state index contributed by atoms with van der Waals surface area (Å²) in [4.78, 5) is 29.9. The molecule has 6 heteroatoms. The van der Waals surface area contributed by atoms with Crippen LogP contribution >= 0.6 is 0 Å². The summed E-state index contributed by atoms with van der Waals surface area (Å²) in [5, 5.41) is 3.85. The molecular weight excluding hydrogens is 639 g/mol. The maximum absolute atomic E-state index is 14.4. The molecule has 0 saturated heterocycles. The molecule has 6 nitrogen and oxygen atoms in total. The monoisotopic (exact) mass is 669 g/mol. The molecule has 2 aliphatic carbocycles. The average Bonchev–Trinajstić information content (AvgIpc) is 3.54. The standard InChI is InChI=1S/C46H31N5O/c52-45-37-27-29(22-24-39(37)47-44-34-17-5-4-14-31(34)32-15-7-11-21-41(32)51(44)45)30-23-25-42-36(26-30)33-16-8-10-20-40(33)50(42)46-48-38-19-9-6-18-35(38)43(49-46)28-12-2-1-3-13-28/h1-3,5-6,8-13,16-27H,4,7,14-15H2. The zero-order valence-electron chi connectivity index (χ0n) is 28.3. The van der Waals surface area contributed by atoms with Crippen molar-refractivity contribution < 1.29 is 0 Å². The van der Waals surface area contributed by atoms with Crippen LogP contribution in [0.4, 0.5) is 0 Å². The molecule has 0 atom stereocenters. The predicted octanol–water partition coefficient (Wildman–Crippen LogP) is 10.1.